The number of carbonyl (C=O) groups is 2. The van der Waals surface area contributed by atoms with Crippen molar-refractivity contribution in [3.63, 3.8) is 0 Å². The topological polar surface area (TPSA) is 79.7 Å². The molecule has 0 unspecified atom stereocenters. The largest absolute Gasteiger partial charge is 0.480 e. The predicted molar refractivity (Wildman–Crippen MR) is 69.6 cm³/mol. The highest BCUT2D eigenvalue weighted by atomic mass is 19.4. The van der Waals surface area contributed by atoms with Gasteiger partial charge in [-0.15, -0.1) is 0 Å². The minimum atomic E-state index is -4.52. The number of amides is 1. The molecular formula is C13H15F3N2O4. The van der Waals surface area contributed by atoms with E-state index in [9.17, 15) is 22.8 Å². The Morgan fingerprint density at radius 3 is 2.50 bits per heavy atom. The second-order valence-electron chi connectivity index (χ2n) is 4.69. The quantitative estimate of drug-likeness (QED) is 0.867. The fourth-order valence-corrected chi connectivity index (χ4v) is 1.55. The first-order valence-corrected chi connectivity index (χ1v) is 6.29. The summed E-state index contributed by atoms with van der Waals surface area (Å²) >= 11 is 0. The minimum Gasteiger partial charge on any atom is -0.480 e. The summed E-state index contributed by atoms with van der Waals surface area (Å²) in [7, 11) is 0. The number of pyridine rings is 1. The lowest BCUT2D eigenvalue weighted by atomic mass is 10.2. The number of carboxylic acids is 1. The van der Waals surface area contributed by atoms with Crippen LogP contribution in [0, 0.1) is 0 Å². The summed E-state index contributed by atoms with van der Waals surface area (Å²) in [5.41, 5.74) is -0.186. The Kier molecular flexibility index (Phi) is 5.72. The van der Waals surface area contributed by atoms with Crippen molar-refractivity contribution in [2.75, 3.05) is 13.2 Å². The van der Waals surface area contributed by atoms with Gasteiger partial charge in [-0.1, -0.05) is 6.07 Å². The molecule has 122 valence electrons. The molecular weight excluding hydrogens is 305 g/mol. The third-order valence-corrected chi connectivity index (χ3v) is 2.52. The first kappa shape index (κ1) is 17.7. The zero-order valence-corrected chi connectivity index (χ0v) is 11.9. The number of aliphatic carboxylic acids is 1. The lowest BCUT2D eigenvalue weighted by Crippen LogP contribution is -2.41. The number of rotatable bonds is 6. The van der Waals surface area contributed by atoms with E-state index in [1.807, 2.05) is 0 Å². The van der Waals surface area contributed by atoms with Gasteiger partial charge in [0.2, 0.25) is 5.88 Å². The fraction of sp³-hybridized carbons (Fsp3) is 0.462. The van der Waals surface area contributed by atoms with Crippen LogP contribution in [-0.2, 0) is 4.79 Å². The molecule has 0 radical (unpaired) electrons. The highest BCUT2D eigenvalue weighted by Crippen LogP contribution is 2.17. The van der Waals surface area contributed by atoms with Gasteiger partial charge in [0.05, 0.1) is 0 Å². The van der Waals surface area contributed by atoms with Gasteiger partial charge in [-0.2, -0.15) is 13.2 Å². The molecule has 0 aliphatic carbocycles. The number of alkyl halides is 3. The summed E-state index contributed by atoms with van der Waals surface area (Å²) < 4.78 is 40.7. The van der Waals surface area contributed by atoms with Crippen LogP contribution in [0.1, 0.15) is 24.3 Å². The van der Waals surface area contributed by atoms with Gasteiger partial charge in [0.25, 0.3) is 5.91 Å². The number of hydrogen-bond acceptors (Lipinski definition) is 4. The van der Waals surface area contributed by atoms with E-state index in [2.05, 4.69) is 9.72 Å². The maximum absolute atomic E-state index is 12.2. The third-order valence-electron chi connectivity index (χ3n) is 2.52. The standard InChI is InChI=1S/C13H15F3N2O4/c1-8(2)18(6-11(19)20)12(21)9-4-3-5-10(17-9)22-7-13(14,15)16/h3-5,8H,6-7H2,1-2H3,(H,19,20). The number of carbonyl (C=O) groups excluding carboxylic acids is 1. The third kappa shape index (κ3) is 5.58. The molecule has 0 bridgehead atoms. The Morgan fingerprint density at radius 1 is 1.36 bits per heavy atom. The molecule has 0 spiro atoms. The normalized spacial score (nSPS) is 11.4. The summed E-state index contributed by atoms with van der Waals surface area (Å²) in [6, 6.07) is 3.36. The molecule has 1 amide bonds. The Bertz CT molecular complexity index is 546. The van der Waals surface area contributed by atoms with E-state index in [0.717, 1.165) is 4.90 Å². The van der Waals surface area contributed by atoms with Crippen molar-refractivity contribution in [3.8, 4) is 5.88 Å². The average molecular weight is 320 g/mol. The smallest absolute Gasteiger partial charge is 0.422 e. The van der Waals surface area contributed by atoms with Crippen LogP contribution in [-0.4, -0.2) is 52.2 Å². The van der Waals surface area contributed by atoms with Gasteiger partial charge < -0.3 is 14.7 Å². The number of carboxylic acid groups (broad SMARTS) is 1. The van der Waals surface area contributed by atoms with Crippen molar-refractivity contribution >= 4 is 11.9 Å². The van der Waals surface area contributed by atoms with Crippen LogP contribution in [0.5, 0.6) is 5.88 Å². The van der Waals surface area contributed by atoms with Crippen molar-refractivity contribution in [2.24, 2.45) is 0 Å². The minimum absolute atomic E-state index is 0.186. The number of aromatic nitrogens is 1. The number of ether oxygens (including phenoxy) is 1. The maximum atomic E-state index is 12.2. The van der Waals surface area contributed by atoms with Gasteiger partial charge in [0.1, 0.15) is 12.2 Å². The Hall–Kier alpha value is -2.32. The molecule has 22 heavy (non-hydrogen) atoms. The van der Waals surface area contributed by atoms with Gasteiger partial charge in [-0.3, -0.25) is 9.59 Å². The van der Waals surface area contributed by atoms with Crippen LogP contribution in [0.15, 0.2) is 18.2 Å². The molecule has 9 heteroatoms. The average Bonchev–Trinajstić information content (AvgIpc) is 2.41. The Morgan fingerprint density at radius 2 is 2.00 bits per heavy atom. The molecule has 1 N–H and O–H groups in total. The number of nitrogens with zero attached hydrogens (tertiary/aromatic N) is 2. The first-order chi connectivity index (χ1) is 10.1. The van der Waals surface area contributed by atoms with Gasteiger partial charge in [-0.05, 0) is 19.9 Å². The summed E-state index contributed by atoms with van der Waals surface area (Å²) in [5.74, 6) is -2.26. The molecule has 6 nitrogen and oxygen atoms in total. The number of hydrogen-bond donors (Lipinski definition) is 1. The van der Waals surface area contributed by atoms with Crippen molar-refractivity contribution in [1.82, 2.24) is 9.88 Å². The lowest BCUT2D eigenvalue weighted by Gasteiger charge is -2.24. The molecule has 1 rings (SSSR count). The van der Waals surface area contributed by atoms with Gasteiger partial charge in [0.15, 0.2) is 6.61 Å². The van der Waals surface area contributed by atoms with Crippen LogP contribution < -0.4 is 4.74 Å². The molecule has 1 aromatic heterocycles. The highest BCUT2D eigenvalue weighted by Gasteiger charge is 2.29. The molecule has 0 fully saturated rings. The maximum Gasteiger partial charge on any atom is 0.422 e. The second-order valence-corrected chi connectivity index (χ2v) is 4.69. The van der Waals surface area contributed by atoms with E-state index in [4.69, 9.17) is 5.11 Å². The molecule has 0 aliphatic heterocycles. The Balaban J connectivity index is 2.91. The zero-order chi connectivity index (χ0) is 16.9. The number of halogens is 3. The molecule has 0 saturated heterocycles. The SMILES string of the molecule is CC(C)N(CC(=O)O)C(=O)c1cccc(OCC(F)(F)F)n1. The van der Waals surface area contributed by atoms with E-state index in [1.165, 1.54) is 18.2 Å². The monoisotopic (exact) mass is 320 g/mol. The van der Waals surface area contributed by atoms with E-state index < -0.39 is 37.2 Å². The Labute approximate surface area is 124 Å². The van der Waals surface area contributed by atoms with E-state index >= 15 is 0 Å². The summed E-state index contributed by atoms with van der Waals surface area (Å²) in [5, 5.41) is 8.79. The van der Waals surface area contributed by atoms with Crippen molar-refractivity contribution in [1.29, 1.82) is 0 Å². The molecule has 0 aliphatic rings. The summed E-state index contributed by atoms with van der Waals surface area (Å²) in [4.78, 5) is 27.7. The fourth-order valence-electron chi connectivity index (χ4n) is 1.55. The molecule has 0 aromatic carbocycles. The zero-order valence-electron chi connectivity index (χ0n) is 11.9. The van der Waals surface area contributed by atoms with Gasteiger partial charge >= 0.3 is 12.1 Å². The van der Waals surface area contributed by atoms with Crippen LogP contribution in [0.25, 0.3) is 0 Å². The lowest BCUT2D eigenvalue weighted by molar-refractivity contribution is -0.154. The molecule has 1 aromatic rings. The van der Waals surface area contributed by atoms with Crippen LogP contribution in [0.3, 0.4) is 0 Å². The van der Waals surface area contributed by atoms with Gasteiger partial charge in [-0.25, -0.2) is 4.98 Å². The summed E-state index contributed by atoms with van der Waals surface area (Å²) in [6.07, 6.45) is -4.52. The second kappa shape index (κ2) is 7.10. The summed E-state index contributed by atoms with van der Waals surface area (Å²) in [6.45, 7) is 1.17. The van der Waals surface area contributed by atoms with Crippen LogP contribution in [0.4, 0.5) is 13.2 Å². The molecule has 1 heterocycles. The van der Waals surface area contributed by atoms with Crippen LogP contribution in [0.2, 0.25) is 0 Å². The van der Waals surface area contributed by atoms with E-state index in [1.54, 1.807) is 13.8 Å². The van der Waals surface area contributed by atoms with Crippen molar-refractivity contribution in [2.45, 2.75) is 26.1 Å². The first-order valence-electron chi connectivity index (χ1n) is 6.29. The van der Waals surface area contributed by atoms with E-state index in [0.29, 0.717) is 0 Å². The predicted octanol–water partition coefficient (Wildman–Crippen LogP) is 1.96. The highest BCUT2D eigenvalue weighted by molar-refractivity contribution is 5.94. The molecule has 0 saturated carbocycles. The van der Waals surface area contributed by atoms with Crippen molar-refractivity contribution in [3.05, 3.63) is 23.9 Å². The van der Waals surface area contributed by atoms with Gasteiger partial charge in [0, 0.05) is 12.1 Å². The van der Waals surface area contributed by atoms with E-state index in [-0.39, 0.29) is 11.6 Å². The molecule has 0 atom stereocenters. The van der Waals surface area contributed by atoms with Crippen molar-refractivity contribution < 1.29 is 32.6 Å². The van der Waals surface area contributed by atoms with Crippen LogP contribution >= 0.6 is 0 Å².